The molecule has 1 unspecified atom stereocenters. The predicted molar refractivity (Wildman–Crippen MR) is 74.3 cm³/mol. The summed E-state index contributed by atoms with van der Waals surface area (Å²) >= 11 is 0. The van der Waals surface area contributed by atoms with Crippen LogP contribution in [0.15, 0.2) is 24.3 Å². The molecule has 3 nitrogen and oxygen atoms in total. The minimum absolute atomic E-state index is 0.246. The fraction of sp³-hybridized carbons (Fsp3) is 0.600. The lowest BCUT2D eigenvalue weighted by molar-refractivity contribution is 0.316. The van der Waals surface area contributed by atoms with E-state index in [1.165, 1.54) is 24.8 Å². The zero-order valence-electron chi connectivity index (χ0n) is 11.2. The van der Waals surface area contributed by atoms with E-state index >= 15 is 0 Å². The first-order valence-electron chi connectivity index (χ1n) is 7.02. The largest absolute Gasteiger partial charge is 0.494 e. The van der Waals surface area contributed by atoms with Gasteiger partial charge in [-0.2, -0.15) is 0 Å². The molecule has 0 heterocycles. The van der Waals surface area contributed by atoms with E-state index in [1.807, 2.05) is 12.1 Å². The molecule has 0 amide bonds. The van der Waals surface area contributed by atoms with Crippen molar-refractivity contribution >= 4 is 0 Å². The molecule has 0 radical (unpaired) electrons. The van der Waals surface area contributed by atoms with Crippen LogP contribution in [0, 0.1) is 5.92 Å². The Bertz CT molecular complexity index is 363. The molecule has 100 valence electrons. The Morgan fingerprint density at radius 2 is 2.28 bits per heavy atom. The van der Waals surface area contributed by atoms with E-state index in [0.717, 1.165) is 31.1 Å². The molecule has 1 aliphatic carbocycles. The predicted octanol–water partition coefficient (Wildman–Crippen LogP) is 3.17. The van der Waals surface area contributed by atoms with Gasteiger partial charge in [0.2, 0.25) is 0 Å². The van der Waals surface area contributed by atoms with E-state index in [2.05, 4.69) is 24.5 Å². The highest BCUT2D eigenvalue weighted by atomic mass is 16.5. The molecule has 3 heteroatoms. The highest BCUT2D eigenvalue weighted by Gasteiger charge is 2.22. The van der Waals surface area contributed by atoms with E-state index < -0.39 is 0 Å². The summed E-state index contributed by atoms with van der Waals surface area (Å²) in [5, 5.41) is 0. The van der Waals surface area contributed by atoms with Crippen LogP contribution in [0.4, 0.5) is 0 Å². The molecular formula is C15H24N2O. The van der Waals surface area contributed by atoms with Crippen LogP contribution < -0.4 is 16.0 Å². The number of ether oxygens (including phenoxy) is 1. The van der Waals surface area contributed by atoms with E-state index in [9.17, 15) is 0 Å². The summed E-state index contributed by atoms with van der Waals surface area (Å²) in [6.07, 6.45) is 6.21. The molecule has 1 aliphatic rings. The molecule has 1 saturated carbocycles. The summed E-state index contributed by atoms with van der Waals surface area (Å²) in [4.78, 5) is 0. The molecule has 0 bridgehead atoms. The summed E-state index contributed by atoms with van der Waals surface area (Å²) in [7, 11) is 0. The topological polar surface area (TPSA) is 47.3 Å². The third-order valence-corrected chi connectivity index (χ3v) is 3.50. The molecule has 0 saturated heterocycles. The van der Waals surface area contributed by atoms with Gasteiger partial charge in [0, 0.05) is 6.04 Å². The van der Waals surface area contributed by atoms with Gasteiger partial charge < -0.3 is 4.74 Å². The number of rotatable bonds is 8. The highest BCUT2D eigenvalue weighted by Crippen LogP contribution is 2.36. The van der Waals surface area contributed by atoms with Crippen LogP contribution in [-0.2, 0) is 0 Å². The van der Waals surface area contributed by atoms with Crippen molar-refractivity contribution in [3.05, 3.63) is 29.8 Å². The van der Waals surface area contributed by atoms with Crippen LogP contribution in [0.5, 0.6) is 5.75 Å². The first-order chi connectivity index (χ1) is 8.83. The molecule has 0 aromatic heterocycles. The van der Waals surface area contributed by atoms with Crippen molar-refractivity contribution in [2.24, 2.45) is 11.8 Å². The van der Waals surface area contributed by atoms with Gasteiger partial charge in [0.1, 0.15) is 5.75 Å². The Morgan fingerprint density at radius 3 is 2.94 bits per heavy atom. The van der Waals surface area contributed by atoms with Crippen molar-refractivity contribution in [1.82, 2.24) is 5.43 Å². The second-order valence-electron chi connectivity index (χ2n) is 5.16. The van der Waals surface area contributed by atoms with Crippen LogP contribution >= 0.6 is 0 Å². The van der Waals surface area contributed by atoms with Crippen molar-refractivity contribution in [2.75, 3.05) is 6.61 Å². The number of hydrogen-bond acceptors (Lipinski definition) is 3. The minimum Gasteiger partial charge on any atom is -0.494 e. The summed E-state index contributed by atoms with van der Waals surface area (Å²) in [5.41, 5.74) is 4.16. The maximum Gasteiger partial charge on any atom is 0.119 e. The van der Waals surface area contributed by atoms with Crippen LogP contribution in [0.2, 0.25) is 0 Å². The number of hydrogen-bond donors (Lipinski definition) is 2. The van der Waals surface area contributed by atoms with Crippen LogP contribution in [0.3, 0.4) is 0 Å². The van der Waals surface area contributed by atoms with Crippen LogP contribution in [0.25, 0.3) is 0 Å². The molecule has 1 fully saturated rings. The molecule has 2 rings (SSSR count). The molecular weight excluding hydrogens is 224 g/mol. The van der Waals surface area contributed by atoms with Gasteiger partial charge in [-0.25, -0.2) is 0 Å². The third-order valence-electron chi connectivity index (χ3n) is 3.50. The van der Waals surface area contributed by atoms with Gasteiger partial charge in [0.15, 0.2) is 0 Å². The number of nitrogens with two attached hydrogens (primary N) is 1. The van der Waals surface area contributed by atoms with Gasteiger partial charge in [-0.3, -0.25) is 11.3 Å². The van der Waals surface area contributed by atoms with Crippen LogP contribution in [0.1, 0.15) is 50.6 Å². The number of hydrazine groups is 1. The van der Waals surface area contributed by atoms with Gasteiger partial charge >= 0.3 is 0 Å². The summed E-state index contributed by atoms with van der Waals surface area (Å²) in [6.45, 7) is 2.88. The Labute approximate surface area is 110 Å². The highest BCUT2D eigenvalue weighted by molar-refractivity contribution is 5.30. The number of benzene rings is 1. The summed E-state index contributed by atoms with van der Waals surface area (Å²) in [6, 6.07) is 8.52. The van der Waals surface area contributed by atoms with E-state index in [4.69, 9.17) is 10.6 Å². The first kappa shape index (κ1) is 13.4. The smallest absolute Gasteiger partial charge is 0.119 e. The monoisotopic (exact) mass is 248 g/mol. The lowest BCUT2D eigenvalue weighted by Gasteiger charge is -2.17. The fourth-order valence-corrected chi connectivity index (χ4v) is 2.20. The maximum absolute atomic E-state index is 5.67. The zero-order valence-corrected chi connectivity index (χ0v) is 11.2. The van der Waals surface area contributed by atoms with Crippen LogP contribution in [-0.4, -0.2) is 6.61 Å². The van der Waals surface area contributed by atoms with E-state index in [1.54, 1.807) is 0 Å². The first-order valence-corrected chi connectivity index (χ1v) is 7.02. The van der Waals surface area contributed by atoms with E-state index in [0.29, 0.717) is 0 Å². The SMILES string of the molecule is CCCOc1cccc(C(CCC2CC2)NN)c1. The lowest BCUT2D eigenvalue weighted by atomic mass is 10.0. The van der Waals surface area contributed by atoms with Gasteiger partial charge in [-0.15, -0.1) is 0 Å². The van der Waals surface area contributed by atoms with Gasteiger partial charge in [0.25, 0.3) is 0 Å². The standard InChI is InChI=1S/C15H24N2O/c1-2-10-18-14-5-3-4-13(11-14)15(17-16)9-8-12-6-7-12/h3-5,11-12,15,17H,2,6-10,16H2,1H3. The van der Waals surface area contributed by atoms with Crippen molar-refractivity contribution < 1.29 is 4.74 Å². The normalized spacial score (nSPS) is 16.6. The average molecular weight is 248 g/mol. The lowest BCUT2D eigenvalue weighted by Crippen LogP contribution is -2.28. The molecule has 1 atom stereocenters. The van der Waals surface area contributed by atoms with Gasteiger partial charge in [-0.05, 0) is 42.9 Å². The Balaban J connectivity index is 1.94. The Hall–Kier alpha value is -1.06. The van der Waals surface area contributed by atoms with Gasteiger partial charge in [-0.1, -0.05) is 31.9 Å². The Kier molecular flexibility index (Phi) is 5.02. The second kappa shape index (κ2) is 6.76. The minimum atomic E-state index is 0.246. The summed E-state index contributed by atoms with van der Waals surface area (Å²) < 4.78 is 5.66. The third kappa shape index (κ3) is 4.00. The average Bonchev–Trinajstić information content (AvgIpc) is 3.22. The summed E-state index contributed by atoms with van der Waals surface area (Å²) in [5.74, 6) is 7.56. The van der Waals surface area contributed by atoms with Crippen molar-refractivity contribution in [3.8, 4) is 5.75 Å². The molecule has 18 heavy (non-hydrogen) atoms. The molecule has 3 N–H and O–H groups in total. The maximum atomic E-state index is 5.67. The quantitative estimate of drug-likeness (QED) is 0.549. The number of nitrogens with one attached hydrogen (secondary N) is 1. The molecule has 0 aliphatic heterocycles. The zero-order chi connectivity index (χ0) is 12.8. The molecule has 1 aromatic rings. The van der Waals surface area contributed by atoms with Crippen molar-refractivity contribution in [3.63, 3.8) is 0 Å². The van der Waals surface area contributed by atoms with Gasteiger partial charge in [0.05, 0.1) is 6.61 Å². The fourth-order valence-electron chi connectivity index (χ4n) is 2.20. The van der Waals surface area contributed by atoms with Crippen molar-refractivity contribution in [1.29, 1.82) is 0 Å². The molecule has 0 spiro atoms. The molecule has 1 aromatic carbocycles. The Morgan fingerprint density at radius 1 is 1.44 bits per heavy atom. The van der Waals surface area contributed by atoms with E-state index in [-0.39, 0.29) is 6.04 Å². The van der Waals surface area contributed by atoms with Crippen molar-refractivity contribution in [2.45, 2.75) is 45.1 Å². The second-order valence-corrected chi connectivity index (χ2v) is 5.16.